The SMILES string of the molecule is C(=Cc1ccccc1)C(Cc1cccc2ccccc12)=C(CCc1ccc2ccccc2c1)c1ccc2ccccc2c1CCc1ccccc1. The van der Waals surface area contributed by atoms with Crippen molar-refractivity contribution in [2.75, 3.05) is 0 Å². The Bertz CT molecular complexity index is 2480. The highest BCUT2D eigenvalue weighted by Crippen LogP contribution is 2.36. The van der Waals surface area contributed by atoms with Crippen molar-refractivity contribution in [2.24, 2.45) is 0 Å². The normalized spacial score (nSPS) is 12.2. The Morgan fingerprint density at radius 1 is 0.431 bits per heavy atom. The minimum atomic E-state index is 0.850. The van der Waals surface area contributed by atoms with Gasteiger partial charge < -0.3 is 0 Å². The Morgan fingerprint density at radius 2 is 1.06 bits per heavy atom. The molecule has 8 rings (SSSR count). The molecule has 0 atom stereocenters. The van der Waals surface area contributed by atoms with E-state index < -0.39 is 0 Å². The van der Waals surface area contributed by atoms with Gasteiger partial charge in [-0.3, -0.25) is 0 Å². The third-order valence-electron chi connectivity index (χ3n) is 10.3. The lowest BCUT2D eigenvalue weighted by atomic mass is 9.84. The van der Waals surface area contributed by atoms with E-state index in [0.717, 1.165) is 32.1 Å². The van der Waals surface area contributed by atoms with Crippen molar-refractivity contribution in [1.82, 2.24) is 0 Å². The highest BCUT2D eigenvalue weighted by atomic mass is 14.2. The van der Waals surface area contributed by atoms with Crippen LogP contribution in [-0.2, 0) is 25.7 Å². The zero-order chi connectivity index (χ0) is 34.2. The first-order valence-corrected chi connectivity index (χ1v) is 18.2. The molecule has 0 saturated carbocycles. The fourth-order valence-corrected chi connectivity index (χ4v) is 7.61. The average Bonchev–Trinajstić information content (AvgIpc) is 3.20. The highest BCUT2D eigenvalue weighted by Gasteiger charge is 2.17. The van der Waals surface area contributed by atoms with Gasteiger partial charge in [-0.1, -0.05) is 194 Å². The predicted molar refractivity (Wildman–Crippen MR) is 220 cm³/mol. The van der Waals surface area contributed by atoms with Gasteiger partial charge in [0.25, 0.3) is 0 Å². The number of benzene rings is 8. The van der Waals surface area contributed by atoms with Crippen LogP contribution < -0.4 is 0 Å². The molecule has 0 radical (unpaired) electrons. The molecule has 0 spiro atoms. The molecule has 0 fully saturated rings. The van der Waals surface area contributed by atoms with Crippen molar-refractivity contribution in [3.05, 3.63) is 227 Å². The summed E-state index contributed by atoms with van der Waals surface area (Å²) >= 11 is 0. The fourth-order valence-electron chi connectivity index (χ4n) is 7.61. The quantitative estimate of drug-likeness (QED) is 0.122. The molecule has 0 heteroatoms. The van der Waals surface area contributed by atoms with E-state index in [1.165, 1.54) is 76.8 Å². The Morgan fingerprint density at radius 3 is 1.86 bits per heavy atom. The van der Waals surface area contributed by atoms with Gasteiger partial charge in [0.05, 0.1) is 0 Å². The molecular weight excluding hydrogens is 613 g/mol. The third kappa shape index (κ3) is 7.47. The van der Waals surface area contributed by atoms with Crippen molar-refractivity contribution >= 4 is 44.0 Å². The number of hydrogen-bond acceptors (Lipinski definition) is 0. The van der Waals surface area contributed by atoms with Gasteiger partial charge in [0.15, 0.2) is 0 Å². The summed E-state index contributed by atoms with van der Waals surface area (Å²) in [5.41, 5.74) is 10.9. The van der Waals surface area contributed by atoms with E-state index in [4.69, 9.17) is 0 Å². The topological polar surface area (TPSA) is 0 Å². The molecule has 0 bridgehead atoms. The zero-order valence-electron chi connectivity index (χ0n) is 29.0. The molecule has 0 aromatic heterocycles. The van der Waals surface area contributed by atoms with Gasteiger partial charge >= 0.3 is 0 Å². The molecule has 0 nitrogen and oxygen atoms in total. The van der Waals surface area contributed by atoms with E-state index >= 15 is 0 Å². The van der Waals surface area contributed by atoms with Crippen LogP contribution in [0.25, 0.3) is 44.0 Å². The van der Waals surface area contributed by atoms with E-state index in [0.29, 0.717) is 0 Å². The molecule has 0 aliphatic heterocycles. The molecular formula is C51H42. The van der Waals surface area contributed by atoms with Crippen LogP contribution in [0.15, 0.2) is 194 Å². The van der Waals surface area contributed by atoms with Gasteiger partial charge in [0, 0.05) is 0 Å². The summed E-state index contributed by atoms with van der Waals surface area (Å²) in [6.07, 6.45) is 9.44. The third-order valence-corrected chi connectivity index (χ3v) is 10.3. The monoisotopic (exact) mass is 654 g/mol. The lowest BCUT2D eigenvalue weighted by Gasteiger charge is -2.21. The smallest absolute Gasteiger partial charge is 0.00167 e. The molecule has 0 aliphatic rings. The molecule has 0 unspecified atom stereocenters. The van der Waals surface area contributed by atoms with Gasteiger partial charge in [0.1, 0.15) is 0 Å². The first kappa shape index (κ1) is 32.2. The molecule has 8 aromatic carbocycles. The van der Waals surface area contributed by atoms with Gasteiger partial charge in [-0.15, -0.1) is 0 Å². The van der Waals surface area contributed by atoms with Crippen LogP contribution in [0.1, 0.15) is 39.8 Å². The molecule has 0 saturated heterocycles. The van der Waals surface area contributed by atoms with Gasteiger partial charge in [0.2, 0.25) is 0 Å². The van der Waals surface area contributed by atoms with Crippen LogP contribution in [0, 0.1) is 0 Å². The van der Waals surface area contributed by atoms with Crippen LogP contribution >= 0.6 is 0 Å². The minimum absolute atomic E-state index is 0.850. The summed E-state index contributed by atoms with van der Waals surface area (Å²) in [4.78, 5) is 0. The Kier molecular flexibility index (Phi) is 9.66. The second kappa shape index (κ2) is 15.3. The van der Waals surface area contributed by atoms with Crippen LogP contribution in [-0.4, -0.2) is 0 Å². The molecule has 0 heterocycles. The van der Waals surface area contributed by atoms with Crippen LogP contribution in [0.4, 0.5) is 0 Å². The number of rotatable bonds is 11. The van der Waals surface area contributed by atoms with Crippen LogP contribution in [0.3, 0.4) is 0 Å². The first-order chi connectivity index (χ1) is 25.3. The summed E-state index contributed by atoms with van der Waals surface area (Å²) in [6.45, 7) is 0. The number of aryl methyl sites for hydroxylation is 3. The Hall–Kier alpha value is -5.98. The Balaban J connectivity index is 1.32. The minimum Gasteiger partial charge on any atom is -0.0622 e. The van der Waals surface area contributed by atoms with Crippen molar-refractivity contribution < 1.29 is 0 Å². The van der Waals surface area contributed by atoms with Crippen LogP contribution in [0.5, 0.6) is 0 Å². The summed E-state index contributed by atoms with van der Waals surface area (Å²) in [7, 11) is 0. The maximum atomic E-state index is 2.41. The molecule has 8 aromatic rings. The highest BCUT2D eigenvalue weighted by molar-refractivity contribution is 5.92. The van der Waals surface area contributed by atoms with Crippen LogP contribution in [0.2, 0.25) is 0 Å². The van der Waals surface area contributed by atoms with Crippen molar-refractivity contribution in [2.45, 2.75) is 32.1 Å². The lowest BCUT2D eigenvalue weighted by Crippen LogP contribution is -2.04. The standard InChI is InChI=1S/C51H42/c1-3-14-38(15-4-1)26-31-46(37-45-23-13-22-42-19-9-11-24-47(42)45)49(33-29-40-27-30-41-18-7-8-21-44(41)36-40)51-35-32-43-20-10-12-25-48(43)50(51)34-28-39-16-5-2-6-17-39/h1-27,30-32,35-36H,28-29,33-34,37H2. The lowest BCUT2D eigenvalue weighted by molar-refractivity contribution is 0.953. The number of hydrogen-bond donors (Lipinski definition) is 0. The summed E-state index contributed by atoms with van der Waals surface area (Å²) < 4.78 is 0. The maximum Gasteiger partial charge on any atom is -0.00167 e. The summed E-state index contributed by atoms with van der Waals surface area (Å²) in [6, 6.07) is 66.6. The summed E-state index contributed by atoms with van der Waals surface area (Å²) in [5.74, 6) is 0. The second-order valence-electron chi connectivity index (χ2n) is 13.5. The largest absolute Gasteiger partial charge is 0.0622 e. The first-order valence-electron chi connectivity index (χ1n) is 18.2. The van der Waals surface area contributed by atoms with Gasteiger partial charge in [-0.25, -0.2) is 0 Å². The molecule has 0 N–H and O–H groups in total. The fraction of sp³-hybridized carbons (Fsp3) is 0.0980. The van der Waals surface area contributed by atoms with Crippen molar-refractivity contribution in [3.63, 3.8) is 0 Å². The van der Waals surface area contributed by atoms with E-state index in [9.17, 15) is 0 Å². The van der Waals surface area contributed by atoms with Gasteiger partial charge in [-0.2, -0.15) is 0 Å². The maximum absolute atomic E-state index is 2.41. The molecule has 51 heavy (non-hydrogen) atoms. The van der Waals surface area contributed by atoms with Gasteiger partial charge in [-0.05, 0) is 109 Å². The zero-order valence-corrected chi connectivity index (χ0v) is 29.0. The van der Waals surface area contributed by atoms with E-state index in [1.807, 2.05) is 0 Å². The van der Waals surface area contributed by atoms with E-state index in [-0.39, 0.29) is 0 Å². The average molecular weight is 655 g/mol. The summed E-state index contributed by atoms with van der Waals surface area (Å²) in [5, 5.41) is 7.85. The number of allylic oxidation sites excluding steroid dienone is 3. The van der Waals surface area contributed by atoms with E-state index in [2.05, 4.69) is 194 Å². The second-order valence-corrected chi connectivity index (χ2v) is 13.5. The number of fused-ring (bicyclic) bond motifs is 3. The van der Waals surface area contributed by atoms with Crippen molar-refractivity contribution in [3.8, 4) is 0 Å². The molecule has 0 aliphatic carbocycles. The van der Waals surface area contributed by atoms with Crippen molar-refractivity contribution in [1.29, 1.82) is 0 Å². The van der Waals surface area contributed by atoms with E-state index in [1.54, 1.807) is 0 Å². The molecule has 246 valence electrons. The predicted octanol–water partition coefficient (Wildman–Crippen LogP) is 13.3. The Labute approximate surface area is 302 Å². The molecule has 0 amide bonds.